The van der Waals surface area contributed by atoms with E-state index in [-0.39, 0.29) is 41.9 Å². The molecule has 1 saturated heterocycles. The van der Waals surface area contributed by atoms with Crippen molar-refractivity contribution in [2.45, 2.75) is 25.7 Å². The minimum Gasteiger partial charge on any atom is -0.339 e. The first-order valence-electron chi connectivity index (χ1n) is 10.7. The second-order valence-corrected chi connectivity index (χ2v) is 8.32. The Morgan fingerprint density at radius 2 is 1.48 bits per heavy atom. The Labute approximate surface area is 182 Å². The minimum absolute atomic E-state index is 0.00945. The lowest BCUT2D eigenvalue weighted by Crippen LogP contribution is -2.51. The summed E-state index contributed by atoms with van der Waals surface area (Å²) in [4.78, 5) is 44.9. The molecule has 3 aliphatic rings. The number of rotatable bonds is 5. The van der Waals surface area contributed by atoms with Crippen LogP contribution in [0.2, 0.25) is 0 Å². The van der Waals surface area contributed by atoms with Gasteiger partial charge in [0.05, 0.1) is 11.4 Å². The molecule has 8 nitrogen and oxygen atoms in total. The van der Waals surface area contributed by atoms with Crippen molar-refractivity contribution in [2.24, 2.45) is 5.92 Å². The van der Waals surface area contributed by atoms with Crippen LogP contribution in [0.3, 0.4) is 0 Å². The molecule has 1 aromatic rings. The number of para-hydroxylation sites is 2. The van der Waals surface area contributed by atoms with Gasteiger partial charge in [0.1, 0.15) is 17.5 Å². The molecule has 1 aliphatic carbocycles. The molecular weight excluding hydrogens is 394 g/mol. The van der Waals surface area contributed by atoms with Gasteiger partial charge in [0.25, 0.3) is 0 Å². The highest BCUT2D eigenvalue weighted by atomic mass is 16.2. The molecule has 0 atom stereocenters. The Balaban J connectivity index is 1.36. The number of benzene rings is 1. The van der Waals surface area contributed by atoms with Crippen LogP contribution in [0.15, 0.2) is 35.7 Å². The number of piperazine rings is 1. The van der Waals surface area contributed by atoms with E-state index in [4.69, 9.17) is 0 Å². The van der Waals surface area contributed by atoms with Crippen LogP contribution >= 0.6 is 0 Å². The summed E-state index contributed by atoms with van der Waals surface area (Å²) in [6, 6.07) is 9.76. The zero-order valence-corrected chi connectivity index (χ0v) is 18.0. The third-order valence-corrected chi connectivity index (χ3v) is 6.29. The number of ketones is 1. The highest BCUT2D eigenvalue weighted by Crippen LogP contribution is 2.40. The van der Waals surface area contributed by atoms with Crippen molar-refractivity contribution in [2.75, 3.05) is 50.1 Å². The van der Waals surface area contributed by atoms with E-state index in [9.17, 15) is 19.6 Å². The zero-order chi connectivity index (χ0) is 22.1. The summed E-state index contributed by atoms with van der Waals surface area (Å²) in [5.74, 6) is 0.493. The van der Waals surface area contributed by atoms with Crippen LogP contribution in [-0.2, 0) is 14.4 Å². The number of anilines is 2. The Bertz CT molecular complexity index is 952. The van der Waals surface area contributed by atoms with Crippen molar-refractivity contribution >= 4 is 29.0 Å². The van der Waals surface area contributed by atoms with Crippen molar-refractivity contribution in [3.05, 3.63) is 35.7 Å². The number of amides is 2. The highest BCUT2D eigenvalue weighted by Gasteiger charge is 2.35. The smallest absolute Gasteiger partial charge is 0.225 e. The molecule has 2 amide bonds. The fourth-order valence-corrected chi connectivity index (χ4v) is 4.33. The van der Waals surface area contributed by atoms with Crippen LogP contribution in [0.5, 0.6) is 0 Å². The molecule has 0 radical (unpaired) electrons. The number of carbonyl (C=O) groups is 3. The van der Waals surface area contributed by atoms with E-state index < -0.39 is 0 Å². The Kier molecular flexibility index (Phi) is 5.68. The summed E-state index contributed by atoms with van der Waals surface area (Å²) in [5.41, 5.74) is 1.92. The van der Waals surface area contributed by atoms with E-state index in [1.807, 2.05) is 53.1 Å². The molecule has 1 saturated carbocycles. The Morgan fingerprint density at radius 1 is 0.935 bits per heavy atom. The molecule has 2 heterocycles. The standard InChI is InChI=1S/C23H27N5O3/c1-25-18-5-3-4-6-19(18)26(2)22(25)17(15-24)20(29)9-10-21(30)27-11-13-28(14-12-27)23(31)16-7-8-16/h3-6,16H,7-14H2,1-2H3. The number of carbonyl (C=O) groups excluding carboxylic acids is 3. The third-order valence-electron chi connectivity index (χ3n) is 6.29. The van der Waals surface area contributed by atoms with Gasteiger partial charge < -0.3 is 19.6 Å². The fraction of sp³-hybridized carbons (Fsp3) is 0.478. The first-order valence-corrected chi connectivity index (χ1v) is 10.7. The Hall–Kier alpha value is -3.34. The van der Waals surface area contributed by atoms with Gasteiger partial charge in [-0.1, -0.05) is 12.1 Å². The van der Waals surface area contributed by atoms with Gasteiger partial charge in [-0.2, -0.15) is 5.26 Å². The molecular formula is C23H27N5O3. The molecule has 162 valence electrons. The number of hydrogen-bond acceptors (Lipinski definition) is 6. The highest BCUT2D eigenvalue weighted by molar-refractivity contribution is 6.03. The van der Waals surface area contributed by atoms with Gasteiger partial charge in [0, 0.05) is 59.0 Å². The van der Waals surface area contributed by atoms with E-state index >= 15 is 0 Å². The maximum absolute atomic E-state index is 12.9. The summed E-state index contributed by atoms with van der Waals surface area (Å²) in [6.45, 7) is 2.10. The quantitative estimate of drug-likeness (QED) is 0.532. The topological polar surface area (TPSA) is 88.0 Å². The van der Waals surface area contributed by atoms with Crippen molar-refractivity contribution < 1.29 is 14.4 Å². The lowest BCUT2D eigenvalue weighted by atomic mass is 10.1. The summed E-state index contributed by atoms with van der Waals surface area (Å²) < 4.78 is 0. The van der Waals surface area contributed by atoms with E-state index in [2.05, 4.69) is 6.07 Å². The van der Waals surface area contributed by atoms with Gasteiger partial charge in [-0.15, -0.1) is 0 Å². The maximum atomic E-state index is 12.9. The molecule has 4 rings (SSSR count). The van der Waals surface area contributed by atoms with Crippen molar-refractivity contribution in [1.29, 1.82) is 5.26 Å². The van der Waals surface area contributed by atoms with E-state index in [0.29, 0.717) is 32.0 Å². The van der Waals surface area contributed by atoms with Gasteiger partial charge >= 0.3 is 0 Å². The van der Waals surface area contributed by atoms with Crippen molar-refractivity contribution in [3.8, 4) is 6.07 Å². The Morgan fingerprint density at radius 3 is 2.00 bits per heavy atom. The molecule has 0 spiro atoms. The predicted octanol–water partition coefficient (Wildman–Crippen LogP) is 1.74. The second kappa shape index (κ2) is 8.42. The van der Waals surface area contributed by atoms with Gasteiger partial charge in [-0.05, 0) is 25.0 Å². The first-order chi connectivity index (χ1) is 14.9. The van der Waals surface area contributed by atoms with Gasteiger partial charge in [0.15, 0.2) is 5.78 Å². The molecule has 0 bridgehead atoms. The summed E-state index contributed by atoms with van der Waals surface area (Å²) in [5, 5.41) is 9.70. The fourth-order valence-electron chi connectivity index (χ4n) is 4.33. The molecule has 0 unspecified atom stereocenters. The van der Waals surface area contributed by atoms with Crippen molar-refractivity contribution in [3.63, 3.8) is 0 Å². The van der Waals surface area contributed by atoms with Gasteiger partial charge in [-0.25, -0.2) is 0 Å². The number of nitriles is 1. The summed E-state index contributed by atoms with van der Waals surface area (Å²) in [6.07, 6.45) is 2.01. The maximum Gasteiger partial charge on any atom is 0.225 e. The average molecular weight is 422 g/mol. The van der Waals surface area contributed by atoms with E-state index in [0.717, 1.165) is 24.2 Å². The van der Waals surface area contributed by atoms with Crippen LogP contribution in [0.4, 0.5) is 11.4 Å². The lowest BCUT2D eigenvalue weighted by molar-refractivity contribution is -0.140. The molecule has 2 fully saturated rings. The molecule has 8 heteroatoms. The van der Waals surface area contributed by atoms with Crippen molar-refractivity contribution in [1.82, 2.24) is 9.80 Å². The lowest BCUT2D eigenvalue weighted by Gasteiger charge is -2.35. The largest absolute Gasteiger partial charge is 0.339 e. The summed E-state index contributed by atoms with van der Waals surface area (Å²) in [7, 11) is 3.66. The van der Waals surface area contributed by atoms with Crippen LogP contribution in [0.1, 0.15) is 25.7 Å². The zero-order valence-electron chi connectivity index (χ0n) is 18.0. The third kappa shape index (κ3) is 4.00. The average Bonchev–Trinajstić information content (AvgIpc) is 3.61. The number of nitrogens with zero attached hydrogens (tertiary/aromatic N) is 5. The van der Waals surface area contributed by atoms with Gasteiger partial charge in [0.2, 0.25) is 11.8 Å². The molecule has 2 aliphatic heterocycles. The van der Waals surface area contributed by atoms with Crippen LogP contribution < -0.4 is 9.80 Å². The second-order valence-electron chi connectivity index (χ2n) is 8.32. The molecule has 1 aromatic carbocycles. The number of allylic oxidation sites excluding steroid dienone is 1. The SMILES string of the molecule is CN1C(=C(C#N)C(=O)CCC(=O)N2CCN(C(=O)C3CC3)CC2)N(C)c2ccccc21. The van der Waals surface area contributed by atoms with Crippen LogP contribution in [0, 0.1) is 17.2 Å². The van der Waals surface area contributed by atoms with Crippen LogP contribution in [0.25, 0.3) is 0 Å². The number of hydrogen-bond donors (Lipinski definition) is 0. The molecule has 0 aromatic heterocycles. The number of fused-ring (bicyclic) bond motifs is 1. The molecule has 0 N–H and O–H groups in total. The number of Topliss-reactive ketones (excluding diaryl/α,β-unsaturated/α-hetero) is 1. The minimum atomic E-state index is -0.333. The molecule has 31 heavy (non-hydrogen) atoms. The monoisotopic (exact) mass is 421 g/mol. The van der Waals surface area contributed by atoms with Crippen LogP contribution in [-0.4, -0.2) is 67.7 Å². The summed E-state index contributed by atoms with van der Waals surface area (Å²) >= 11 is 0. The predicted molar refractivity (Wildman–Crippen MR) is 116 cm³/mol. The first kappa shape index (κ1) is 20.9. The van der Waals surface area contributed by atoms with Gasteiger partial charge in [-0.3, -0.25) is 14.4 Å². The van der Waals surface area contributed by atoms with E-state index in [1.54, 1.807) is 4.90 Å². The normalized spacial score (nSPS) is 18.0. The van der Waals surface area contributed by atoms with E-state index in [1.165, 1.54) is 0 Å².